The number of amides is 2. The number of nitrogens with zero attached hydrogens (tertiary/aromatic N) is 2. The van der Waals surface area contributed by atoms with Crippen molar-refractivity contribution >= 4 is 11.8 Å². The third-order valence-electron chi connectivity index (χ3n) is 4.33. The van der Waals surface area contributed by atoms with Crippen LogP contribution in [0.4, 0.5) is 0 Å². The molecule has 0 fully saturated rings. The van der Waals surface area contributed by atoms with Crippen LogP contribution in [-0.2, 0) is 13.1 Å². The van der Waals surface area contributed by atoms with Crippen LogP contribution in [0.2, 0.25) is 0 Å². The van der Waals surface area contributed by atoms with E-state index in [0.717, 1.165) is 5.56 Å². The number of carbonyl (C=O) groups is 2. The minimum atomic E-state index is -0.280. The van der Waals surface area contributed by atoms with Gasteiger partial charge in [-0.1, -0.05) is 67.5 Å². The van der Waals surface area contributed by atoms with Crippen LogP contribution in [0.15, 0.2) is 71.3 Å². The standard InChI is InChI=1S/C23H25N3O3/c1-17(2)14-24-22(27)21-13-20(29-25-21)16-26(15-18-9-5-3-6-10-18)23(28)19-11-7-4-8-12-19/h3-13,17H,14-16H2,1-2H3,(H,24,27). The second-order valence-electron chi connectivity index (χ2n) is 7.30. The molecule has 29 heavy (non-hydrogen) atoms. The van der Waals surface area contributed by atoms with Crippen molar-refractivity contribution in [3.05, 3.63) is 89.3 Å². The second-order valence-corrected chi connectivity index (χ2v) is 7.30. The lowest BCUT2D eigenvalue weighted by molar-refractivity contribution is 0.0713. The van der Waals surface area contributed by atoms with Gasteiger partial charge in [-0.05, 0) is 23.6 Å². The lowest BCUT2D eigenvalue weighted by Gasteiger charge is -2.21. The molecule has 0 radical (unpaired) electrons. The molecular weight excluding hydrogens is 366 g/mol. The highest BCUT2D eigenvalue weighted by molar-refractivity contribution is 5.94. The molecule has 0 saturated carbocycles. The molecule has 0 bridgehead atoms. The van der Waals surface area contributed by atoms with Gasteiger partial charge in [-0.25, -0.2) is 0 Å². The Hall–Kier alpha value is -3.41. The van der Waals surface area contributed by atoms with Crippen molar-refractivity contribution in [3.63, 3.8) is 0 Å². The molecule has 6 heteroatoms. The van der Waals surface area contributed by atoms with Crippen molar-refractivity contribution < 1.29 is 14.1 Å². The molecule has 0 spiro atoms. The number of rotatable bonds is 8. The lowest BCUT2D eigenvalue weighted by atomic mass is 10.1. The third kappa shape index (κ3) is 5.78. The Bertz CT molecular complexity index is 936. The summed E-state index contributed by atoms with van der Waals surface area (Å²) in [6.07, 6.45) is 0. The summed E-state index contributed by atoms with van der Waals surface area (Å²) in [6.45, 7) is 5.24. The van der Waals surface area contributed by atoms with Crippen LogP contribution in [0, 0.1) is 5.92 Å². The lowest BCUT2D eigenvalue weighted by Crippen LogP contribution is -2.30. The number of nitrogens with one attached hydrogen (secondary N) is 1. The van der Waals surface area contributed by atoms with E-state index in [9.17, 15) is 9.59 Å². The van der Waals surface area contributed by atoms with Crippen molar-refractivity contribution in [2.24, 2.45) is 5.92 Å². The maximum atomic E-state index is 13.1. The first-order chi connectivity index (χ1) is 14.0. The quantitative estimate of drug-likeness (QED) is 0.632. The van der Waals surface area contributed by atoms with E-state index in [-0.39, 0.29) is 24.1 Å². The number of carbonyl (C=O) groups excluding carboxylic acids is 2. The Morgan fingerprint density at radius 2 is 1.66 bits per heavy atom. The summed E-state index contributed by atoms with van der Waals surface area (Å²) < 4.78 is 5.34. The third-order valence-corrected chi connectivity index (χ3v) is 4.33. The molecule has 1 heterocycles. The van der Waals surface area contributed by atoms with E-state index in [4.69, 9.17) is 4.52 Å². The monoisotopic (exact) mass is 391 g/mol. The van der Waals surface area contributed by atoms with E-state index in [2.05, 4.69) is 10.5 Å². The smallest absolute Gasteiger partial charge is 0.273 e. The molecule has 150 valence electrons. The van der Waals surface area contributed by atoms with E-state index >= 15 is 0 Å². The SMILES string of the molecule is CC(C)CNC(=O)c1cc(CN(Cc2ccccc2)C(=O)c2ccccc2)on1. The maximum Gasteiger partial charge on any atom is 0.273 e. The first-order valence-electron chi connectivity index (χ1n) is 9.65. The van der Waals surface area contributed by atoms with Crippen molar-refractivity contribution in [1.29, 1.82) is 0 Å². The summed E-state index contributed by atoms with van der Waals surface area (Å²) in [5.74, 6) is 0.407. The fourth-order valence-corrected chi connectivity index (χ4v) is 2.84. The van der Waals surface area contributed by atoms with Crippen LogP contribution in [-0.4, -0.2) is 28.4 Å². The largest absolute Gasteiger partial charge is 0.359 e. The van der Waals surface area contributed by atoms with Crippen LogP contribution in [0.5, 0.6) is 0 Å². The van der Waals surface area contributed by atoms with Gasteiger partial charge in [0.1, 0.15) is 0 Å². The van der Waals surface area contributed by atoms with Crippen LogP contribution in [0.25, 0.3) is 0 Å². The average molecular weight is 391 g/mol. The fraction of sp³-hybridized carbons (Fsp3) is 0.261. The van der Waals surface area contributed by atoms with Crippen LogP contribution in [0.1, 0.15) is 46.0 Å². The zero-order chi connectivity index (χ0) is 20.6. The Labute approximate surface area is 170 Å². The van der Waals surface area contributed by atoms with Gasteiger partial charge >= 0.3 is 0 Å². The molecule has 2 amide bonds. The summed E-state index contributed by atoms with van der Waals surface area (Å²) >= 11 is 0. The first kappa shape index (κ1) is 20.3. The van der Waals surface area contributed by atoms with Crippen LogP contribution < -0.4 is 5.32 Å². The van der Waals surface area contributed by atoms with E-state index in [1.807, 2.05) is 62.4 Å². The van der Waals surface area contributed by atoms with Crippen molar-refractivity contribution in [2.75, 3.05) is 6.54 Å². The number of aromatic nitrogens is 1. The summed E-state index contributed by atoms with van der Waals surface area (Å²) in [4.78, 5) is 26.9. The Morgan fingerprint density at radius 1 is 1.00 bits per heavy atom. The minimum absolute atomic E-state index is 0.114. The van der Waals surface area contributed by atoms with Gasteiger partial charge in [-0.3, -0.25) is 9.59 Å². The Kier molecular flexibility index (Phi) is 6.79. The second kappa shape index (κ2) is 9.68. The molecular formula is C23H25N3O3. The van der Waals surface area contributed by atoms with Gasteiger partial charge in [0, 0.05) is 24.7 Å². The highest BCUT2D eigenvalue weighted by atomic mass is 16.5. The van der Waals surface area contributed by atoms with Crippen molar-refractivity contribution in [3.8, 4) is 0 Å². The van der Waals surface area contributed by atoms with Gasteiger partial charge in [0.05, 0.1) is 6.54 Å². The summed E-state index contributed by atoms with van der Waals surface area (Å²) in [5, 5.41) is 6.67. The number of hydrogen-bond acceptors (Lipinski definition) is 4. The van der Waals surface area contributed by atoms with Gasteiger partial charge in [0.2, 0.25) is 0 Å². The summed E-state index contributed by atoms with van der Waals surface area (Å²) in [5.41, 5.74) is 1.82. The molecule has 0 unspecified atom stereocenters. The minimum Gasteiger partial charge on any atom is -0.359 e. The molecule has 3 rings (SSSR count). The molecule has 2 aromatic carbocycles. The fourth-order valence-electron chi connectivity index (χ4n) is 2.84. The van der Waals surface area contributed by atoms with Gasteiger partial charge in [0.25, 0.3) is 11.8 Å². The van der Waals surface area contributed by atoms with E-state index in [1.165, 1.54) is 0 Å². The van der Waals surface area contributed by atoms with Crippen LogP contribution >= 0.6 is 0 Å². The van der Waals surface area contributed by atoms with Crippen molar-refractivity contribution in [2.45, 2.75) is 26.9 Å². The topological polar surface area (TPSA) is 75.4 Å². The Morgan fingerprint density at radius 3 is 2.31 bits per heavy atom. The molecule has 3 aromatic rings. The summed E-state index contributed by atoms with van der Waals surface area (Å²) in [6, 6.07) is 20.4. The van der Waals surface area contributed by atoms with Gasteiger partial charge in [0.15, 0.2) is 11.5 Å². The van der Waals surface area contributed by atoms with Crippen molar-refractivity contribution in [1.82, 2.24) is 15.4 Å². The van der Waals surface area contributed by atoms with E-state index < -0.39 is 0 Å². The Balaban J connectivity index is 1.76. The molecule has 0 aliphatic rings. The predicted octanol–water partition coefficient (Wildman–Crippen LogP) is 3.90. The normalized spacial score (nSPS) is 10.7. The molecule has 6 nitrogen and oxygen atoms in total. The van der Waals surface area contributed by atoms with Crippen LogP contribution in [0.3, 0.4) is 0 Å². The molecule has 0 aliphatic carbocycles. The number of benzene rings is 2. The molecule has 1 aromatic heterocycles. The maximum absolute atomic E-state index is 13.1. The predicted molar refractivity (Wildman–Crippen MR) is 110 cm³/mol. The highest BCUT2D eigenvalue weighted by Gasteiger charge is 2.20. The zero-order valence-corrected chi connectivity index (χ0v) is 16.7. The van der Waals surface area contributed by atoms with E-state index in [1.54, 1.807) is 23.1 Å². The molecule has 0 aliphatic heterocycles. The summed E-state index contributed by atoms with van der Waals surface area (Å²) in [7, 11) is 0. The highest BCUT2D eigenvalue weighted by Crippen LogP contribution is 2.15. The average Bonchev–Trinajstić information content (AvgIpc) is 3.21. The zero-order valence-electron chi connectivity index (χ0n) is 16.7. The molecule has 0 saturated heterocycles. The van der Waals surface area contributed by atoms with Gasteiger partial charge < -0.3 is 14.7 Å². The first-order valence-corrected chi connectivity index (χ1v) is 9.65. The molecule has 1 N–H and O–H groups in total. The number of hydrogen-bond donors (Lipinski definition) is 1. The molecule has 0 atom stereocenters. The van der Waals surface area contributed by atoms with Gasteiger partial charge in [-0.15, -0.1) is 0 Å². The van der Waals surface area contributed by atoms with E-state index in [0.29, 0.717) is 30.3 Å². The van der Waals surface area contributed by atoms with Gasteiger partial charge in [-0.2, -0.15) is 0 Å².